The Labute approximate surface area is 185 Å². The van der Waals surface area contributed by atoms with Crippen LogP contribution in [0.1, 0.15) is 10.6 Å². The number of hydrogen-bond acceptors (Lipinski definition) is 8. The van der Waals surface area contributed by atoms with Crippen LogP contribution in [0.15, 0.2) is 58.6 Å². The molecule has 0 unspecified atom stereocenters. The second-order valence-electron chi connectivity index (χ2n) is 7.27. The molecule has 6 rings (SSSR count). The Hall–Kier alpha value is -3.30. The molecule has 31 heavy (non-hydrogen) atoms. The number of fused-ring (bicyclic) bond motifs is 2. The van der Waals surface area contributed by atoms with E-state index in [-0.39, 0.29) is 5.91 Å². The van der Waals surface area contributed by atoms with Gasteiger partial charge in [0.15, 0.2) is 16.5 Å². The number of furan rings is 1. The van der Waals surface area contributed by atoms with Crippen LogP contribution in [0.4, 0.5) is 5.82 Å². The first-order valence-electron chi connectivity index (χ1n) is 9.94. The van der Waals surface area contributed by atoms with Crippen LogP contribution in [0.3, 0.4) is 0 Å². The summed E-state index contributed by atoms with van der Waals surface area (Å²) in [6, 6.07) is 13.6. The number of piperazine rings is 1. The van der Waals surface area contributed by atoms with Gasteiger partial charge in [0.05, 0.1) is 15.6 Å². The van der Waals surface area contributed by atoms with Crippen LogP contribution >= 0.6 is 22.7 Å². The molecule has 0 aliphatic carbocycles. The number of carbonyl (C=O) groups is 1. The molecule has 1 fully saturated rings. The average Bonchev–Trinajstić information content (AvgIpc) is 3.57. The van der Waals surface area contributed by atoms with Crippen LogP contribution in [-0.4, -0.2) is 51.9 Å². The summed E-state index contributed by atoms with van der Waals surface area (Å²) < 4.78 is 7.00. The Morgan fingerprint density at radius 3 is 2.74 bits per heavy atom. The highest BCUT2D eigenvalue weighted by atomic mass is 32.1. The Kier molecular flexibility index (Phi) is 4.43. The van der Waals surface area contributed by atoms with Gasteiger partial charge < -0.3 is 14.2 Å². The summed E-state index contributed by atoms with van der Waals surface area (Å²) in [7, 11) is 0. The van der Waals surface area contributed by atoms with Gasteiger partial charge in [0.25, 0.3) is 5.91 Å². The summed E-state index contributed by atoms with van der Waals surface area (Å²) in [6.45, 7) is 2.68. The molecule has 4 aromatic heterocycles. The molecule has 1 aromatic carbocycles. The number of carbonyl (C=O) groups excluding carboxylic acids is 1. The van der Waals surface area contributed by atoms with E-state index in [0.29, 0.717) is 24.6 Å². The van der Waals surface area contributed by atoms with Crippen LogP contribution in [0.5, 0.6) is 0 Å². The largest absolute Gasteiger partial charge is 0.448 e. The third-order valence-corrected chi connectivity index (χ3v) is 7.30. The first-order chi connectivity index (χ1) is 15.3. The van der Waals surface area contributed by atoms with Gasteiger partial charge in [-0.3, -0.25) is 4.79 Å². The van der Waals surface area contributed by atoms with E-state index < -0.39 is 0 Å². The fraction of sp³-hybridized carbons (Fsp3) is 0.182. The third kappa shape index (κ3) is 3.26. The van der Waals surface area contributed by atoms with E-state index >= 15 is 0 Å². The topological polar surface area (TPSA) is 75.4 Å². The second kappa shape index (κ2) is 7.44. The zero-order valence-electron chi connectivity index (χ0n) is 16.4. The maximum atomic E-state index is 13.0. The lowest BCUT2D eigenvalue weighted by molar-refractivity contribution is 0.0715. The van der Waals surface area contributed by atoms with Crippen molar-refractivity contribution >= 4 is 54.8 Å². The highest BCUT2D eigenvalue weighted by Crippen LogP contribution is 2.32. The molecule has 5 heterocycles. The van der Waals surface area contributed by atoms with Gasteiger partial charge in [0, 0.05) is 26.2 Å². The van der Waals surface area contributed by atoms with Crippen molar-refractivity contribution in [2.75, 3.05) is 31.1 Å². The first-order valence-corrected chi connectivity index (χ1v) is 11.6. The summed E-state index contributed by atoms with van der Waals surface area (Å²) in [6.07, 6.45) is 1.61. The SMILES string of the molecule is O=C(c1ccc(-c2nc3ccccc3s2)o1)N1CCN(c2ncnc3sccc23)CC1. The molecule has 5 aromatic rings. The van der Waals surface area contributed by atoms with Gasteiger partial charge in [-0.05, 0) is 35.7 Å². The van der Waals surface area contributed by atoms with E-state index in [1.165, 1.54) is 0 Å². The summed E-state index contributed by atoms with van der Waals surface area (Å²) in [5.41, 5.74) is 0.937. The number of aromatic nitrogens is 3. The zero-order chi connectivity index (χ0) is 20.8. The molecule has 9 heteroatoms. The summed E-state index contributed by atoms with van der Waals surface area (Å²) in [4.78, 5) is 31.5. The minimum atomic E-state index is -0.0876. The van der Waals surface area contributed by atoms with Gasteiger partial charge in [-0.1, -0.05) is 12.1 Å². The smallest absolute Gasteiger partial charge is 0.289 e. The molecule has 0 radical (unpaired) electrons. The molecule has 0 bridgehead atoms. The van der Waals surface area contributed by atoms with Crippen molar-refractivity contribution in [3.63, 3.8) is 0 Å². The Bertz CT molecular complexity index is 1360. The van der Waals surface area contributed by atoms with Crippen LogP contribution in [0.2, 0.25) is 0 Å². The molecule has 1 aliphatic heterocycles. The molecule has 1 aliphatic rings. The summed E-state index contributed by atoms with van der Waals surface area (Å²) >= 11 is 3.17. The number of benzene rings is 1. The van der Waals surface area contributed by atoms with Gasteiger partial charge in [-0.15, -0.1) is 22.7 Å². The van der Waals surface area contributed by atoms with E-state index in [1.54, 1.807) is 35.1 Å². The molecule has 0 spiro atoms. The summed E-state index contributed by atoms with van der Waals surface area (Å²) in [5.74, 6) is 1.83. The predicted octanol–water partition coefficient (Wildman–Crippen LogP) is 4.52. The van der Waals surface area contributed by atoms with Gasteiger partial charge in [0.2, 0.25) is 0 Å². The minimum absolute atomic E-state index is 0.0876. The number of anilines is 1. The number of thiazole rings is 1. The maximum Gasteiger partial charge on any atom is 0.289 e. The number of thiophene rings is 1. The molecular formula is C22H17N5O2S2. The van der Waals surface area contributed by atoms with E-state index in [0.717, 1.165) is 44.3 Å². The van der Waals surface area contributed by atoms with Gasteiger partial charge >= 0.3 is 0 Å². The fourth-order valence-corrected chi connectivity index (χ4v) is 5.51. The molecule has 0 atom stereocenters. The average molecular weight is 448 g/mol. The van der Waals surface area contributed by atoms with Crippen molar-refractivity contribution in [2.24, 2.45) is 0 Å². The zero-order valence-corrected chi connectivity index (χ0v) is 18.0. The standard InChI is InChI=1S/C22H17N5O2S2/c28-22(17-6-5-16(29-17)21-25-15-3-1-2-4-18(15)31-21)27-10-8-26(9-11-27)19-14-7-12-30-20(14)24-13-23-19/h1-7,12-13H,8-11H2. The van der Waals surface area contributed by atoms with Crippen LogP contribution in [0.25, 0.3) is 31.2 Å². The lowest BCUT2D eigenvalue weighted by atomic mass is 10.2. The summed E-state index contributed by atoms with van der Waals surface area (Å²) in [5, 5.41) is 3.88. The van der Waals surface area contributed by atoms with Crippen LogP contribution in [0, 0.1) is 0 Å². The third-order valence-electron chi connectivity index (χ3n) is 5.43. The van der Waals surface area contributed by atoms with Crippen LogP contribution in [-0.2, 0) is 0 Å². The van der Waals surface area contributed by atoms with Gasteiger partial charge in [-0.2, -0.15) is 0 Å². The van der Waals surface area contributed by atoms with Crippen molar-refractivity contribution in [2.45, 2.75) is 0 Å². The number of amides is 1. The Balaban J connectivity index is 1.17. The Morgan fingerprint density at radius 1 is 1.00 bits per heavy atom. The predicted molar refractivity (Wildman–Crippen MR) is 123 cm³/mol. The van der Waals surface area contributed by atoms with Crippen molar-refractivity contribution in [1.29, 1.82) is 0 Å². The maximum absolute atomic E-state index is 13.0. The highest BCUT2D eigenvalue weighted by Gasteiger charge is 2.26. The van der Waals surface area contributed by atoms with E-state index in [9.17, 15) is 4.79 Å². The Morgan fingerprint density at radius 2 is 1.87 bits per heavy atom. The van der Waals surface area contributed by atoms with Crippen molar-refractivity contribution in [3.05, 3.63) is 59.9 Å². The molecule has 1 amide bonds. The molecule has 0 N–H and O–H groups in total. The lowest BCUT2D eigenvalue weighted by Crippen LogP contribution is -2.49. The van der Waals surface area contributed by atoms with Crippen molar-refractivity contribution in [3.8, 4) is 10.8 Å². The van der Waals surface area contributed by atoms with Crippen molar-refractivity contribution < 1.29 is 9.21 Å². The number of rotatable bonds is 3. The first kappa shape index (κ1) is 18.5. The number of para-hydroxylation sites is 1. The molecule has 154 valence electrons. The fourth-order valence-electron chi connectivity index (χ4n) is 3.85. The number of nitrogens with zero attached hydrogens (tertiary/aromatic N) is 5. The van der Waals surface area contributed by atoms with Crippen molar-refractivity contribution in [1.82, 2.24) is 19.9 Å². The molecule has 1 saturated heterocycles. The van der Waals surface area contributed by atoms with E-state index in [4.69, 9.17) is 4.42 Å². The monoisotopic (exact) mass is 447 g/mol. The minimum Gasteiger partial charge on any atom is -0.448 e. The molecular weight excluding hydrogens is 430 g/mol. The second-order valence-corrected chi connectivity index (χ2v) is 9.19. The quantitative estimate of drug-likeness (QED) is 0.405. The lowest BCUT2D eigenvalue weighted by Gasteiger charge is -2.35. The number of hydrogen-bond donors (Lipinski definition) is 0. The highest BCUT2D eigenvalue weighted by molar-refractivity contribution is 7.21. The molecule has 0 saturated carbocycles. The normalized spacial score (nSPS) is 14.6. The van der Waals surface area contributed by atoms with E-state index in [1.807, 2.05) is 40.6 Å². The van der Waals surface area contributed by atoms with Crippen LogP contribution < -0.4 is 4.90 Å². The van der Waals surface area contributed by atoms with E-state index in [2.05, 4.69) is 25.9 Å². The van der Waals surface area contributed by atoms with Gasteiger partial charge in [0.1, 0.15) is 17.0 Å². The van der Waals surface area contributed by atoms with Gasteiger partial charge in [-0.25, -0.2) is 15.0 Å². The molecule has 7 nitrogen and oxygen atoms in total.